The van der Waals surface area contributed by atoms with Crippen LogP contribution < -0.4 is 10.5 Å². The number of benzene rings is 1. The summed E-state index contributed by atoms with van der Waals surface area (Å²) in [4.78, 5) is 11.5. The smallest absolute Gasteiger partial charge is 0.322 e. The van der Waals surface area contributed by atoms with E-state index < -0.39 is 6.04 Å². The number of methoxy groups -OCH3 is 1. The number of rotatable bonds is 8. The van der Waals surface area contributed by atoms with Crippen molar-refractivity contribution in [2.45, 2.75) is 38.6 Å². The second kappa shape index (κ2) is 8.53. The van der Waals surface area contributed by atoms with Crippen molar-refractivity contribution in [2.75, 3.05) is 13.7 Å². The van der Waals surface area contributed by atoms with Crippen LogP contribution in [0.2, 0.25) is 0 Å². The minimum Gasteiger partial charge on any atom is -0.497 e. The number of hydrogen-bond acceptors (Lipinski definition) is 4. The van der Waals surface area contributed by atoms with Gasteiger partial charge in [-0.25, -0.2) is 0 Å². The van der Waals surface area contributed by atoms with Gasteiger partial charge in [-0.15, -0.1) is 0 Å². The second-order valence-electron chi connectivity index (χ2n) is 4.51. The van der Waals surface area contributed by atoms with Crippen LogP contribution in [0.4, 0.5) is 0 Å². The van der Waals surface area contributed by atoms with Gasteiger partial charge >= 0.3 is 5.97 Å². The predicted octanol–water partition coefficient (Wildman–Crippen LogP) is 2.30. The maximum Gasteiger partial charge on any atom is 0.322 e. The molecule has 1 aromatic carbocycles. The van der Waals surface area contributed by atoms with Crippen molar-refractivity contribution < 1.29 is 14.3 Å². The molecule has 19 heavy (non-hydrogen) atoms. The molecule has 0 bridgehead atoms. The van der Waals surface area contributed by atoms with Gasteiger partial charge in [-0.05, 0) is 43.4 Å². The Hall–Kier alpha value is -1.55. The first kappa shape index (κ1) is 15.5. The van der Waals surface area contributed by atoms with Crippen LogP contribution in [-0.4, -0.2) is 25.7 Å². The third-order valence-electron chi connectivity index (χ3n) is 2.89. The molecule has 4 nitrogen and oxygen atoms in total. The molecule has 0 radical (unpaired) electrons. The van der Waals surface area contributed by atoms with Crippen LogP contribution in [-0.2, 0) is 16.0 Å². The number of ether oxygens (including phenoxy) is 2. The summed E-state index contributed by atoms with van der Waals surface area (Å²) in [5.74, 6) is 0.556. The largest absolute Gasteiger partial charge is 0.497 e. The van der Waals surface area contributed by atoms with E-state index in [0.29, 0.717) is 13.0 Å². The van der Waals surface area contributed by atoms with Gasteiger partial charge in [-0.1, -0.05) is 19.1 Å². The number of esters is 1. The van der Waals surface area contributed by atoms with Crippen molar-refractivity contribution in [3.05, 3.63) is 29.8 Å². The van der Waals surface area contributed by atoms with Gasteiger partial charge in [0, 0.05) is 0 Å². The van der Waals surface area contributed by atoms with Crippen LogP contribution >= 0.6 is 0 Å². The highest BCUT2D eigenvalue weighted by Crippen LogP contribution is 2.13. The fraction of sp³-hybridized carbons (Fsp3) is 0.533. The summed E-state index contributed by atoms with van der Waals surface area (Å²) in [6.45, 7) is 2.41. The van der Waals surface area contributed by atoms with Crippen LogP contribution in [0.25, 0.3) is 0 Å². The van der Waals surface area contributed by atoms with Crippen LogP contribution in [0.1, 0.15) is 31.7 Å². The summed E-state index contributed by atoms with van der Waals surface area (Å²) in [5.41, 5.74) is 6.99. The van der Waals surface area contributed by atoms with Crippen molar-refractivity contribution in [3.63, 3.8) is 0 Å². The van der Waals surface area contributed by atoms with Crippen LogP contribution in [0.3, 0.4) is 0 Å². The lowest BCUT2D eigenvalue weighted by Gasteiger charge is -2.11. The van der Waals surface area contributed by atoms with Crippen LogP contribution in [0.15, 0.2) is 24.3 Å². The predicted molar refractivity (Wildman–Crippen MR) is 75.2 cm³/mol. The van der Waals surface area contributed by atoms with Crippen molar-refractivity contribution >= 4 is 5.97 Å². The van der Waals surface area contributed by atoms with Crippen molar-refractivity contribution in [2.24, 2.45) is 5.73 Å². The lowest BCUT2D eigenvalue weighted by Crippen LogP contribution is -2.32. The first-order valence-electron chi connectivity index (χ1n) is 6.72. The second-order valence-corrected chi connectivity index (χ2v) is 4.51. The summed E-state index contributed by atoms with van der Waals surface area (Å²) in [6, 6.07) is 7.42. The van der Waals surface area contributed by atoms with Gasteiger partial charge in [0.05, 0.1) is 13.7 Å². The molecule has 0 aliphatic heterocycles. The standard InChI is InChI=1S/C15H23NO3/c1-3-11-19-15(17)14(16)6-4-5-12-7-9-13(18-2)10-8-12/h7-10,14H,3-6,11,16H2,1-2H3. The molecule has 1 unspecified atom stereocenters. The summed E-state index contributed by atoms with van der Waals surface area (Å²) in [6.07, 6.45) is 3.24. The van der Waals surface area contributed by atoms with E-state index in [1.807, 2.05) is 31.2 Å². The Morgan fingerprint density at radius 2 is 2.00 bits per heavy atom. The van der Waals surface area contributed by atoms with E-state index in [0.717, 1.165) is 25.0 Å². The third-order valence-corrected chi connectivity index (χ3v) is 2.89. The van der Waals surface area contributed by atoms with E-state index in [-0.39, 0.29) is 5.97 Å². The summed E-state index contributed by atoms with van der Waals surface area (Å²) in [7, 11) is 1.65. The van der Waals surface area contributed by atoms with Gasteiger partial charge in [0.15, 0.2) is 0 Å². The SMILES string of the molecule is CCCOC(=O)C(N)CCCc1ccc(OC)cc1. The van der Waals surface area contributed by atoms with Crippen molar-refractivity contribution in [1.82, 2.24) is 0 Å². The molecule has 0 spiro atoms. The molecule has 0 aliphatic carbocycles. The molecule has 0 saturated carbocycles. The van der Waals surface area contributed by atoms with E-state index in [4.69, 9.17) is 15.2 Å². The lowest BCUT2D eigenvalue weighted by molar-refractivity contribution is -0.145. The number of carbonyl (C=O) groups excluding carboxylic acids is 1. The number of aryl methyl sites for hydroxylation is 1. The first-order valence-corrected chi connectivity index (χ1v) is 6.72. The molecule has 0 fully saturated rings. The lowest BCUT2D eigenvalue weighted by atomic mass is 10.1. The molecule has 0 amide bonds. The van der Waals surface area contributed by atoms with Gasteiger partial charge < -0.3 is 15.2 Å². The van der Waals surface area contributed by atoms with Gasteiger partial charge in [0.2, 0.25) is 0 Å². The van der Waals surface area contributed by atoms with Crippen molar-refractivity contribution in [3.8, 4) is 5.75 Å². The van der Waals surface area contributed by atoms with Gasteiger partial charge in [-0.3, -0.25) is 4.79 Å². The molecule has 1 rings (SSSR count). The fourth-order valence-corrected chi connectivity index (χ4v) is 1.75. The average Bonchev–Trinajstić information content (AvgIpc) is 2.45. The molecule has 1 atom stereocenters. The molecule has 4 heteroatoms. The molecule has 0 heterocycles. The topological polar surface area (TPSA) is 61.5 Å². The molecule has 106 valence electrons. The third kappa shape index (κ3) is 5.75. The van der Waals surface area contributed by atoms with E-state index in [1.54, 1.807) is 7.11 Å². The fourth-order valence-electron chi connectivity index (χ4n) is 1.75. The first-order chi connectivity index (χ1) is 9.17. The minimum absolute atomic E-state index is 0.295. The highest BCUT2D eigenvalue weighted by Gasteiger charge is 2.13. The van der Waals surface area contributed by atoms with E-state index in [9.17, 15) is 4.79 Å². The zero-order valence-corrected chi connectivity index (χ0v) is 11.7. The van der Waals surface area contributed by atoms with Crippen LogP contribution in [0, 0.1) is 0 Å². The number of carbonyl (C=O) groups is 1. The van der Waals surface area contributed by atoms with Gasteiger partial charge in [-0.2, -0.15) is 0 Å². The van der Waals surface area contributed by atoms with E-state index >= 15 is 0 Å². The maximum absolute atomic E-state index is 11.5. The highest BCUT2D eigenvalue weighted by molar-refractivity contribution is 5.75. The summed E-state index contributed by atoms with van der Waals surface area (Å²) < 4.78 is 10.1. The Bertz CT molecular complexity index is 375. The quantitative estimate of drug-likeness (QED) is 0.733. The average molecular weight is 265 g/mol. The zero-order valence-electron chi connectivity index (χ0n) is 11.7. The molecule has 0 aliphatic rings. The van der Waals surface area contributed by atoms with Gasteiger partial charge in [0.25, 0.3) is 0 Å². The molecular formula is C15H23NO3. The highest BCUT2D eigenvalue weighted by atomic mass is 16.5. The summed E-state index contributed by atoms with van der Waals surface area (Å²) in [5, 5.41) is 0. The molecule has 1 aromatic rings. The Labute approximate surface area is 114 Å². The number of nitrogens with two attached hydrogens (primary N) is 1. The van der Waals surface area contributed by atoms with E-state index in [1.165, 1.54) is 5.56 Å². The molecule has 2 N–H and O–H groups in total. The Morgan fingerprint density at radius 3 is 2.58 bits per heavy atom. The molecule has 0 saturated heterocycles. The monoisotopic (exact) mass is 265 g/mol. The molecule has 0 aromatic heterocycles. The Kier molecular flexibility index (Phi) is 6.97. The number of hydrogen-bond donors (Lipinski definition) is 1. The Morgan fingerprint density at radius 1 is 1.32 bits per heavy atom. The minimum atomic E-state index is -0.509. The maximum atomic E-state index is 11.5. The van der Waals surface area contributed by atoms with Crippen molar-refractivity contribution in [1.29, 1.82) is 0 Å². The normalized spacial score (nSPS) is 11.9. The van der Waals surface area contributed by atoms with Crippen LogP contribution in [0.5, 0.6) is 5.75 Å². The zero-order chi connectivity index (χ0) is 14.1. The summed E-state index contributed by atoms with van der Waals surface area (Å²) >= 11 is 0. The van der Waals surface area contributed by atoms with Gasteiger partial charge in [0.1, 0.15) is 11.8 Å². The van der Waals surface area contributed by atoms with E-state index in [2.05, 4.69) is 0 Å². The molecular weight excluding hydrogens is 242 g/mol. The Balaban J connectivity index is 2.26.